The molecule has 4 nitrogen and oxygen atoms in total. The maximum atomic E-state index is 11.8. The fourth-order valence-electron chi connectivity index (χ4n) is 1.92. The van der Waals surface area contributed by atoms with Gasteiger partial charge in [0, 0.05) is 24.7 Å². The molecule has 0 aliphatic rings. The number of benzene rings is 1. The van der Waals surface area contributed by atoms with Gasteiger partial charge >= 0.3 is 0 Å². The van der Waals surface area contributed by atoms with Crippen molar-refractivity contribution in [2.24, 2.45) is 5.41 Å². The van der Waals surface area contributed by atoms with Gasteiger partial charge in [0.25, 0.3) is 0 Å². The van der Waals surface area contributed by atoms with Crippen LogP contribution in [-0.4, -0.2) is 15.7 Å². The van der Waals surface area contributed by atoms with E-state index in [1.807, 2.05) is 41.2 Å². The maximum absolute atomic E-state index is 11.8. The second-order valence-electron chi connectivity index (χ2n) is 6.14. The van der Waals surface area contributed by atoms with E-state index in [-0.39, 0.29) is 11.3 Å². The minimum Gasteiger partial charge on any atom is -0.352 e. The Bertz CT molecular complexity index is 567. The van der Waals surface area contributed by atoms with Gasteiger partial charge in [-0.1, -0.05) is 39.0 Å². The van der Waals surface area contributed by atoms with Gasteiger partial charge in [0.15, 0.2) is 0 Å². The van der Waals surface area contributed by atoms with Gasteiger partial charge in [-0.25, -0.2) is 4.68 Å². The molecule has 0 fully saturated rings. The Morgan fingerprint density at radius 1 is 1.25 bits per heavy atom. The van der Waals surface area contributed by atoms with Gasteiger partial charge in [-0.3, -0.25) is 4.79 Å². The topological polar surface area (TPSA) is 46.9 Å². The molecule has 0 bridgehead atoms. The second kappa shape index (κ2) is 5.90. The lowest BCUT2D eigenvalue weighted by molar-refractivity contribution is -0.122. The number of aromatic nitrogens is 2. The van der Waals surface area contributed by atoms with E-state index < -0.39 is 0 Å². The van der Waals surface area contributed by atoms with Crippen molar-refractivity contribution in [2.75, 3.05) is 0 Å². The molecule has 4 heteroatoms. The van der Waals surface area contributed by atoms with Gasteiger partial charge in [0.2, 0.25) is 5.91 Å². The van der Waals surface area contributed by atoms with E-state index in [0.717, 1.165) is 11.3 Å². The van der Waals surface area contributed by atoms with Crippen LogP contribution in [0.15, 0.2) is 42.7 Å². The SMILES string of the molecule is CC(C)(C)CC(=O)NCc1cnn(-c2ccccc2)c1. The summed E-state index contributed by atoms with van der Waals surface area (Å²) >= 11 is 0. The van der Waals surface area contributed by atoms with Gasteiger partial charge in [-0.2, -0.15) is 5.10 Å². The quantitative estimate of drug-likeness (QED) is 0.929. The molecule has 106 valence electrons. The molecule has 0 aliphatic carbocycles. The second-order valence-corrected chi connectivity index (χ2v) is 6.14. The van der Waals surface area contributed by atoms with Crippen molar-refractivity contribution >= 4 is 5.91 Å². The van der Waals surface area contributed by atoms with Gasteiger partial charge in [0.1, 0.15) is 0 Å². The van der Waals surface area contributed by atoms with Gasteiger partial charge in [-0.05, 0) is 17.5 Å². The van der Waals surface area contributed by atoms with Crippen molar-refractivity contribution in [3.8, 4) is 5.69 Å². The molecular weight excluding hydrogens is 250 g/mol. The van der Waals surface area contributed by atoms with Crippen LogP contribution in [0.3, 0.4) is 0 Å². The summed E-state index contributed by atoms with van der Waals surface area (Å²) < 4.78 is 1.81. The van der Waals surface area contributed by atoms with Crippen molar-refractivity contribution < 1.29 is 4.79 Å². The lowest BCUT2D eigenvalue weighted by atomic mass is 9.92. The van der Waals surface area contributed by atoms with Crippen LogP contribution in [0.2, 0.25) is 0 Å². The first kappa shape index (κ1) is 14.3. The number of hydrogen-bond donors (Lipinski definition) is 1. The van der Waals surface area contributed by atoms with Gasteiger partial charge in [-0.15, -0.1) is 0 Å². The van der Waals surface area contributed by atoms with Crippen molar-refractivity contribution in [3.05, 3.63) is 48.3 Å². The van der Waals surface area contributed by atoms with Crippen LogP contribution in [0.5, 0.6) is 0 Å². The molecule has 1 amide bonds. The summed E-state index contributed by atoms with van der Waals surface area (Å²) in [6.45, 7) is 6.68. The van der Waals surface area contributed by atoms with Gasteiger partial charge in [0.05, 0.1) is 11.9 Å². The zero-order valence-electron chi connectivity index (χ0n) is 12.3. The lowest BCUT2D eigenvalue weighted by Gasteiger charge is -2.16. The highest BCUT2D eigenvalue weighted by molar-refractivity contribution is 5.76. The van der Waals surface area contributed by atoms with Crippen LogP contribution in [0.1, 0.15) is 32.8 Å². The number of carbonyl (C=O) groups excluding carboxylic acids is 1. The number of rotatable bonds is 4. The molecule has 0 aliphatic heterocycles. The van der Waals surface area contributed by atoms with Crippen LogP contribution in [0.25, 0.3) is 5.69 Å². The summed E-state index contributed by atoms with van der Waals surface area (Å²) in [5.41, 5.74) is 2.02. The molecule has 0 saturated carbocycles. The van der Waals surface area contributed by atoms with Crippen LogP contribution in [0, 0.1) is 5.41 Å². The molecule has 2 aromatic rings. The Hall–Kier alpha value is -2.10. The van der Waals surface area contributed by atoms with Crippen molar-refractivity contribution in [2.45, 2.75) is 33.7 Å². The molecule has 1 aromatic carbocycles. The average Bonchev–Trinajstić information content (AvgIpc) is 2.84. The smallest absolute Gasteiger partial charge is 0.220 e. The standard InChI is InChI=1S/C16H21N3O/c1-16(2,3)9-15(20)17-10-13-11-18-19(12-13)14-7-5-4-6-8-14/h4-8,11-12H,9-10H2,1-3H3,(H,17,20). The van der Waals surface area contributed by atoms with Crippen LogP contribution in [0.4, 0.5) is 0 Å². The highest BCUT2D eigenvalue weighted by Gasteiger charge is 2.15. The molecule has 0 unspecified atom stereocenters. The minimum absolute atomic E-state index is 0.0122. The number of nitrogens with zero attached hydrogens (tertiary/aromatic N) is 2. The van der Waals surface area contributed by atoms with Crippen molar-refractivity contribution in [1.82, 2.24) is 15.1 Å². The zero-order chi connectivity index (χ0) is 14.6. The molecule has 1 N–H and O–H groups in total. The first-order valence-corrected chi connectivity index (χ1v) is 6.80. The Kier molecular flexibility index (Phi) is 4.23. The third kappa shape index (κ3) is 4.23. The summed E-state index contributed by atoms with van der Waals surface area (Å²) in [5.74, 6) is 0.0740. The van der Waals surface area contributed by atoms with E-state index in [0.29, 0.717) is 13.0 Å². The number of carbonyl (C=O) groups is 1. The van der Waals surface area contributed by atoms with Gasteiger partial charge < -0.3 is 5.32 Å². The Labute approximate surface area is 119 Å². The van der Waals surface area contributed by atoms with Crippen molar-refractivity contribution in [3.63, 3.8) is 0 Å². The first-order chi connectivity index (χ1) is 9.44. The predicted octanol–water partition coefficient (Wildman–Crippen LogP) is 2.92. The summed E-state index contributed by atoms with van der Waals surface area (Å²) in [6.07, 6.45) is 4.25. The fraction of sp³-hybridized carbons (Fsp3) is 0.375. The molecule has 1 heterocycles. The van der Waals surface area contributed by atoms with E-state index in [2.05, 4.69) is 31.2 Å². The van der Waals surface area contributed by atoms with E-state index in [1.165, 1.54) is 0 Å². The lowest BCUT2D eigenvalue weighted by Crippen LogP contribution is -2.26. The number of para-hydroxylation sites is 1. The molecule has 0 saturated heterocycles. The monoisotopic (exact) mass is 271 g/mol. The normalized spacial score (nSPS) is 11.3. The highest BCUT2D eigenvalue weighted by Crippen LogP contribution is 2.17. The molecular formula is C16H21N3O. The third-order valence-corrected chi connectivity index (χ3v) is 2.84. The maximum Gasteiger partial charge on any atom is 0.220 e. The predicted molar refractivity (Wildman–Crippen MR) is 79.5 cm³/mol. The van der Waals surface area contributed by atoms with E-state index in [9.17, 15) is 4.79 Å². The van der Waals surface area contributed by atoms with Crippen LogP contribution in [-0.2, 0) is 11.3 Å². The minimum atomic E-state index is 0.0122. The van der Waals surface area contributed by atoms with E-state index >= 15 is 0 Å². The molecule has 2 rings (SSSR count). The van der Waals surface area contributed by atoms with Crippen LogP contribution < -0.4 is 5.32 Å². The third-order valence-electron chi connectivity index (χ3n) is 2.84. The number of amides is 1. The molecule has 20 heavy (non-hydrogen) atoms. The first-order valence-electron chi connectivity index (χ1n) is 6.80. The molecule has 0 radical (unpaired) electrons. The Morgan fingerprint density at radius 3 is 2.60 bits per heavy atom. The van der Waals surface area contributed by atoms with E-state index in [4.69, 9.17) is 0 Å². The number of nitrogens with one attached hydrogen (secondary N) is 1. The zero-order valence-corrected chi connectivity index (χ0v) is 12.3. The van der Waals surface area contributed by atoms with Crippen molar-refractivity contribution in [1.29, 1.82) is 0 Å². The summed E-state index contributed by atoms with van der Waals surface area (Å²) in [6, 6.07) is 9.91. The molecule has 0 spiro atoms. The van der Waals surface area contributed by atoms with E-state index in [1.54, 1.807) is 6.20 Å². The largest absolute Gasteiger partial charge is 0.352 e. The summed E-state index contributed by atoms with van der Waals surface area (Å²) in [4.78, 5) is 11.8. The number of hydrogen-bond acceptors (Lipinski definition) is 2. The Morgan fingerprint density at radius 2 is 1.95 bits per heavy atom. The molecule has 0 atom stereocenters. The average molecular weight is 271 g/mol. The fourth-order valence-corrected chi connectivity index (χ4v) is 1.92. The summed E-state index contributed by atoms with van der Waals surface area (Å²) in [7, 11) is 0. The molecule has 1 aromatic heterocycles. The Balaban J connectivity index is 1.92. The highest BCUT2D eigenvalue weighted by atomic mass is 16.1. The summed E-state index contributed by atoms with van der Waals surface area (Å²) in [5, 5.41) is 7.23. The van der Waals surface area contributed by atoms with Crippen LogP contribution >= 0.6 is 0 Å².